The maximum absolute atomic E-state index is 11.8. The van der Waals surface area contributed by atoms with Gasteiger partial charge in [0.1, 0.15) is 5.75 Å². The van der Waals surface area contributed by atoms with E-state index in [2.05, 4.69) is 26.0 Å². The van der Waals surface area contributed by atoms with E-state index in [4.69, 9.17) is 16.3 Å². The molecule has 0 bridgehead atoms. The number of aromatic nitrogens is 3. The van der Waals surface area contributed by atoms with Crippen LogP contribution in [0.3, 0.4) is 0 Å². The van der Waals surface area contributed by atoms with Gasteiger partial charge in [-0.15, -0.1) is 5.10 Å². The lowest BCUT2D eigenvalue weighted by Gasteiger charge is -2.08. The summed E-state index contributed by atoms with van der Waals surface area (Å²) in [5.41, 5.74) is 5.43. The van der Waals surface area contributed by atoms with E-state index in [0.29, 0.717) is 21.8 Å². The number of hydrogen-bond donors (Lipinski definition) is 3. The molecule has 0 aliphatic heterocycles. The van der Waals surface area contributed by atoms with Crippen LogP contribution < -0.4 is 15.6 Å². The standard InChI is InChI=1S/C18H16ClN5O3S/c19-13-8-6-12(7-9-13)17-20-18(24-23-17)28-11-16(26)22-21-15(25)10-27-14-4-2-1-3-5-14/h1-9H,10-11H2,(H,21,25)(H,22,26)(H,20,23,24). The van der Waals surface area contributed by atoms with Crippen LogP contribution in [0.4, 0.5) is 0 Å². The molecular weight excluding hydrogens is 402 g/mol. The zero-order valence-corrected chi connectivity index (χ0v) is 16.1. The number of amides is 2. The van der Waals surface area contributed by atoms with Crippen LogP contribution in [0.5, 0.6) is 5.75 Å². The summed E-state index contributed by atoms with van der Waals surface area (Å²) in [6.07, 6.45) is 0. The van der Waals surface area contributed by atoms with Gasteiger partial charge in [-0.3, -0.25) is 25.5 Å². The number of ether oxygens (including phenoxy) is 1. The Morgan fingerprint density at radius 1 is 1.04 bits per heavy atom. The molecule has 10 heteroatoms. The first-order valence-electron chi connectivity index (χ1n) is 8.17. The van der Waals surface area contributed by atoms with Crippen molar-refractivity contribution in [3.8, 4) is 17.1 Å². The fraction of sp³-hybridized carbons (Fsp3) is 0.111. The Morgan fingerprint density at radius 2 is 1.75 bits per heavy atom. The quantitative estimate of drug-likeness (QED) is 0.402. The van der Waals surface area contributed by atoms with Crippen molar-refractivity contribution in [2.45, 2.75) is 5.16 Å². The minimum atomic E-state index is -0.467. The maximum atomic E-state index is 11.8. The fourth-order valence-corrected chi connectivity index (χ4v) is 2.78. The summed E-state index contributed by atoms with van der Waals surface area (Å²) in [6, 6.07) is 16.1. The molecule has 2 amide bonds. The summed E-state index contributed by atoms with van der Waals surface area (Å²) in [7, 11) is 0. The zero-order valence-electron chi connectivity index (χ0n) is 14.5. The molecule has 0 fully saturated rings. The second kappa shape index (κ2) is 9.77. The monoisotopic (exact) mass is 417 g/mol. The fourth-order valence-electron chi connectivity index (χ4n) is 2.06. The van der Waals surface area contributed by atoms with Gasteiger partial charge >= 0.3 is 0 Å². The number of thioether (sulfide) groups is 1. The molecule has 144 valence electrons. The van der Waals surface area contributed by atoms with Gasteiger partial charge in [0.05, 0.1) is 5.75 Å². The third-order valence-electron chi connectivity index (χ3n) is 3.37. The number of nitrogens with zero attached hydrogens (tertiary/aromatic N) is 2. The van der Waals surface area contributed by atoms with Gasteiger partial charge in [0, 0.05) is 10.6 Å². The van der Waals surface area contributed by atoms with Crippen molar-refractivity contribution in [3.63, 3.8) is 0 Å². The van der Waals surface area contributed by atoms with Crippen LogP contribution in [-0.2, 0) is 9.59 Å². The largest absolute Gasteiger partial charge is 0.484 e. The summed E-state index contributed by atoms with van der Waals surface area (Å²) < 4.78 is 5.28. The summed E-state index contributed by atoms with van der Waals surface area (Å²) in [4.78, 5) is 27.8. The van der Waals surface area contributed by atoms with E-state index in [1.165, 1.54) is 0 Å². The van der Waals surface area contributed by atoms with Gasteiger partial charge in [0.25, 0.3) is 5.91 Å². The summed E-state index contributed by atoms with van der Waals surface area (Å²) in [6.45, 7) is -0.206. The Labute approximate surface area is 170 Å². The van der Waals surface area contributed by atoms with Crippen molar-refractivity contribution >= 4 is 35.2 Å². The second-order valence-corrected chi connectivity index (χ2v) is 6.84. The smallest absolute Gasteiger partial charge is 0.276 e. The number of hydrogen-bond acceptors (Lipinski definition) is 6. The summed E-state index contributed by atoms with van der Waals surface area (Å²) >= 11 is 6.99. The van der Waals surface area contributed by atoms with Gasteiger partial charge < -0.3 is 4.74 Å². The van der Waals surface area contributed by atoms with Crippen LogP contribution in [0, 0.1) is 0 Å². The van der Waals surface area contributed by atoms with Gasteiger partial charge in [0.15, 0.2) is 12.4 Å². The minimum Gasteiger partial charge on any atom is -0.484 e. The van der Waals surface area contributed by atoms with E-state index in [1.54, 1.807) is 36.4 Å². The van der Waals surface area contributed by atoms with Gasteiger partial charge in [-0.05, 0) is 36.4 Å². The Balaban J connectivity index is 1.38. The number of hydrazine groups is 1. The first-order chi connectivity index (χ1) is 13.6. The van der Waals surface area contributed by atoms with Crippen LogP contribution in [0.1, 0.15) is 0 Å². The van der Waals surface area contributed by atoms with E-state index in [9.17, 15) is 9.59 Å². The average molecular weight is 418 g/mol. The molecule has 0 atom stereocenters. The molecular formula is C18H16ClN5O3S. The van der Waals surface area contributed by atoms with Gasteiger partial charge in [-0.2, -0.15) is 0 Å². The second-order valence-electron chi connectivity index (χ2n) is 5.46. The molecule has 0 aliphatic rings. The van der Waals surface area contributed by atoms with Crippen LogP contribution in [0.15, 0.2) is 59.8 Å². The van der Waals surface area contributed by atoms with Crippen molar-refractivity contribution in [1.29, 1.82) is 0 Å². The molecule has 8 nitrogen and oxygen atoms in total. The normalized spacial score (nSPS) is 10.3. The van der Waals surface area contributed by atoms with Crippen LogP contribution in [0.2, 0.25) is 5.02 Å². The highest BCUT2D eigenvalue weighted by atomic mass is 35.5. The molecule has 0 saturated carbocycles. The Kier molecular flexibility index (Phi) is 6.88. The lowest BCUT2D eigenvalue weighted by atomic mass is 10.2. The molecule has 0 aliphatic carbocycles. The van der Waals surface area contributed by atoms with Gasteiger partial charge in [0.2, 0.25) is 11.1 Å². The third-order valence-corrected chi connectivity index (χ3v) is 4.47. The van der Waals surface area contributed by atoms with E-state index in [0.717, 1.165) is 17.3 Å². The number of H-pyrrole nitrogens is 1. The molecule has 2 aromatic carbocycles. The first kappa shape index (κ1) is 19.7. The van der Waals surface area contributed by atoms with E-state index in [1.807, 2.05) is 18.2 Å². The van der Waals surface area contributed by atoms with Crippen molar-refractivity contribution < 1.29 is 14.3 Å². The zero-order chi connectivity index (χ0) is 19.8. The predicted octanol–water partition coefficient (Wildman–Crippen LogP) is 2.44. The Bertz CT molecular complexity index is 934. The van der Waals surface area contributed by atoms with Crippen molar-refractivity contribution in [1.82, 2.24) is 26.0 Å². The van der Waals surface area contributed by atoms with Gasteiger partial charge in [-0.1, -0.05) is 41.6 Å². The Hall–Kier alpha value is -3.04. The minimum absolute atomic E-state index is 0.0394. The van der Waals surface area contributed by atoms with E-state index in [-0.39, 0.29) is 12.4 Å². The molecule has 3 aromatic rings. The highest BCUT2D eigenvalue weighted by Crippen LogP contribution is 2.20. The number of carbonyl (C=O) groups excluding carboxylic acids is 2. The highest BCUT2D eigenvalue weighted by Gasteiger charge is 2.10. The number of benzene rings is 2. The number of nitrogens with one attached hydrogen (secondary N) is 3. The molecule has 28 heavy (non-hydrogen) atoms. The lowest BCUT2D eigenvalue weighted by Crippen LogP contribution is -2.44. The van der Waals surface area contributed by atoms with Crippen LogP contribution in [0.25, 0.3) is 11.4 Å². The topological polar surface area (TPSA) is 109 Å². The number of halogens is 1. The van der Waals surface area contributed by atoms with Crippen LogP contribution in [-0.4, -0.2) is 39.4 Å². The number of para-hydroxylation sites is 1. The number of carbonyl (C=O) groups is 2. The van der Waals surface area contributed by atoms with Crippen LogP contribution >= 0.6 is 23.4 Å². The molecule has 1 aromatic heterocycles. The molecule has 0 radical (unpaired) electrons. The highest BCUT2D eigenvalue weighted by molar-refractivity contribution is 7.99. The van der Waals surface area contributed by atoms with Crippen molar-refractivity contribution in [2.75, 3.05) is 12.4 Å². The van der Waals surface area contributed by atoms with Crippen molar-refractivity contribution in [3.05, 3.63) is 59.6 Å². The number of aromatic amines is 1. The summed E-state index contributed by atoms with van der Waals surface area (Å²) in [5.74, 6) is 0.324. The number of rotatable bonds is 7. The summed E-state index contributed by atoms with van der Waals surface area (Å²) in [5, 5.41) is 7.90. The predicted molar refractivity (Wildman–Crippen MR) is 106 cm³/mol. The SMILES string of the molecule is O=C(COc1ccccc1)NNC(=O)CSc1n[nH]c(-c2ccc(Cl)cc2)n1. The maximum Gasteiger partial charge on any atom is 0.276 e. The third kappa shape index (κ3) is 6.00. The Morgan fingerprint density at radius 3 is 2.50 bits per heavy atom. The molecule has 0 spiro atoms. The molecule has 0 saturated heterocycles. The average Bonchev–Trinajstić information content (AvgIpc) is 3.19. The lowest BCUT2D eigenvalue weighted by molar-refractivity contribution is -0.128. The van der Waals surface area contributed by atoms with E-state index >= 15 is 0 Å². The first-order valence-corrected chi connectivity index (χ1v) is 9.53. The van der Waals surface area contributed by atoms with Crippen molar-refractivity contribution in [2.24, 2.45) is 0 Å². The molecule has 3 N–H and O–H groups in total. The van der Waals surface area contributed by atoms with E-state index < -0.39 is 11.8 Å². The molecule has 1 heterocycles. The van der Waals surface area contributed by atoms with Gasteiger partial charge in [-0.25, -0.2) is 4.98 Å². The molecule has 3 rings (SSSR count). The molecule has 0 unspecified atom stereocenters.